The standard InChI is InChI=1S/C24H40N4O2/c1-19-11-14-28(15-12-19)21-8-6-20(7-9-21)27-24(26-18-23-5-3-17-30-23)25-13-10-22-4-2-16-29-22/h2,4,16,19-21,23H,3,5-15,17-18H2,1H3,(H2,25,26,27). The van der Waals surface area contributed by atoms with Crippen molar-refractivity contribution in [1.29, 1.82) is 0 Å². The zero-order chi connectivity index (χ0) is 20.6. The van der Waals surface area contributed by atoms with Crippen LogP contribution in [-0.4, -0.2) is 61.8 Å². The highest BCUT2D eigenvalue weighted by atomic mass is 16.5. The first kappa shape index (κ1) is 21.7. The Labute approximate surface area is 181 Å². The predicted octanol–water partition coefficient (Wildman–Crippen LogP) is 3.58. The molecule has 6 heteroatoms. The van der Waals surface area contributed by atoms with Crippen LogP contribution in [0, 0.1) is 5.92 Å². The van der Waals surface area contributed by atoms with Gasteiger partial charge in [0, 0.05) is 31.7 Å². The van der Waals surface area contributed by atoms with Crippen LogP contribution < -0.4 is 10.6 Å². The van der Waals surface area contributed by atoms with E-state index in [0.717, 1.165) is 62.6 Å². The molecule has 0 amide bonds. The van der Waals surface area contributed by atoms with Crippen molar-refractivity contribution in [2.24, 2.45) is 10.9 Å². The minimum atomic E-state index is 0.283. The van der Waals surface area contributed by atoms with Gasteiger partial charge in [-0.15, -0.1) is 0 Å². The number of nitrogens with one attached hydrogen (secondary N) is 2. The third-order valence-electron chi connectivity index (χ3n) is 7.09. The lowest BCUT2D eigenvalue weighted by molar-refractivity contribution is 0.105. The van der Waals surface area contributed by atoms with Crippen LogP contribution in [0.3, 0.4) is 0 Å². The first-order valence-electron chi connectivity index (χ1n) is 12.2. The van der Waals surface area contributed by atoms with E-state index in [4.69, 9.17) is 14.1 Å². The third kappa shape index (κ3) is 6.48. The number of hydrogen-bond donors (Lipinski definition) is 2. The maximum absolute atomic E-state index is 5.76. The molecule has 2 N–H and O–H groups in total. The lowest BCUT2D eigenvalue weighted by Gasteiger charge is -2.40. The van der Waals surface area contributed by atoms with E-state index in [1.54, 1.807) is 6.26 Å². The fourth-order valence-corrected chi connectivity index (χ4v) is 5.07. The minimum Gasteiger partial charge on any atom is -0.469 e. The molecule has 4 rings (SSSR count). The number of nitrogens with zero attached hydrogens (tertiary/aromatic N) is 2. The summed E-state index contributed by atoms with van der Waals surface area (Å²) in [5.74, 6) is 2.86. The average Bonchev–Trinajstić information content (AvgIpc) is 3.47. The fourth-order valence-electron chi connectivity index (χ4n) is 5.07. The van der Waals surface area contributed by atoms with Gasteiger partial charge in [-0.25, -0.2) is 0 Å². The largest absolute Gasteiger partial charge is 0.469 e. The van der Waals surface area contributed by atoms with Gasteiger partial charge in [-0.2, -0.15) is 0 Å². The summed E-state index contributed by atoms with van der Waals surface area (Å²) in [6.45, 7) is 7.45. The molecule has 0 aromatic carbocycles. The van der Waals surface area contributed by atoms with Crippen LogP contribution in [0.15, 0.2) is 27.8 Å². The summed E-state index contributed by atoms with van der Waals surface area (Å²) in [4.78, 5) is 7.62. The molecule has 1 saturated carbocycles. The number of likely N-dealkylation sites (tertiary alicyclic amines) is 1. The number of furan rings is 1. The van der Waals surface area contributed by atoms with Crippen molar-refractivity contribution < 1.29 is 9.15 Å². The molecule has 1 aliphatic carbocycles. The first-order valence-corrected chi connectivity index (χ1v) is 12.2. The van der Waals surface area contributed by atoms with Gasteiger partial charge in [0.05, 0.1) is 18.9 Å². The van der Waals surface area contributed by atoms with Crippen molar-refractivity contribution in [3.8, 4) is 0 Å². The van der Waals surface area contributed by atoms with E-state index in [0.29, 0.717) is 6.04 Å². The van der Waals surface area contributed by atoms with E-state index in [1.807, 2.05) is 12.1 Å². The molecule has 168 valence electrons. The van der Waals surface area contributed by atoms with Crippen LogP contribution in [0.1, 0.15) is 64.1 Å². The van der Waals surface area contributed by atoms with E-state index in [9.17, 15) is 0 Å². The molecule has 2 saturated heterocycles. The molecule has 6 nitrogen and oxygen atoms in total. The number of hydrogen-bond acceptors (Lipinski definition) is 4. The monoisotopic (exact) mass is 416 g/mol. The Balaban J connectivity index is 1.24. The molecule has 30 heavy (non-hydrogen) atoms. The molecule has 0 bridgehead atoms. The van der Waals surface area contributed by atoms with Crippen molar-refractivity contribution in [3.05, 3.63) is 24.2 Å². The van der Waals surface area contributed by atoms with Gasteiger partial charge in [-0.1, -0.05) is 6.92 Å². The number of aliphatic imine (C=N–C) groups is 1. The van der Waals surface area contributed by atoms with Gasteiger partial charge in [0.2, 0.25) is 0 Å². The van der Waals surface area contributed by atoms with Gasteiger partial charge >= 0.3 is 0 Å². The summed E-state index contributed by atoms with van der Waals surface area (Å²) < 4.78 is 11.2. The second-order valence-electron chi connectivity index (χ2n) is 9.45. The second-order valence-corrected chi connectivity index (χ2v) is 9.45. The van der Waals surface area contributed by atoms with Gasteiger partial charge in [0.1, 0.15) is 5.76 Å². The normalized spacial score (nSPS) is 29.2. The third-order valence-corrected chi connectivity index (χ3v) is 7.09. The quantitative estimate of drug-likeness (QED) is 0.525. The molecule has 3 fully saturated rings. The molecule has 0 radical (unpaired) electrons. The zero-order valence-corrected chi connectivity index (χ0v) is 18.7. The highest BCUT2D eigenvalue weighted by Gasteiger charge is 2.28. The summed E-state index contributed by atoms with van der Waals surface area (Å²) in [5, 5.41) is 7.25. The molecule has 1 unspecified atom stereocenters. The van der Waals surface area contributed by atoms with Crippen LogP contribution >= 0.6 is 0 Å². The van der Waals surface area contributed by atoms with Crippen LogP contribution in [0.2, 0.25) is 0 Å². The molecular weight excluding hydrogens is 376 g/mol. The molecule has 3 heterocycles. The Morgan fingerprint density at radius 2 is 1.97 bits per heavy atom. The number of ether oxygens (including phenoxy) is 1. The molecule has 0 spiro atoms. The van der Waals surface area contributed by atoms with Crippen molar-refractivity contribution in [3.63, 3.8) is 0 Å². The molecule has 1 aromatic rings. The highest BCUT2D eigenvalue weighted by molar-refractivity contribution is 5.80. The van der Waals surface area contributed by atoms with Crippen LogP contribution in [-0.2, 0) is 11.2 Å². The summed E-state index contributed by atoms with van der Waals surface area (Å²) in [6, 6.07) is 5.28. The number of guanidine groups is 1. The summed E-state index contributed by atoms with van der Waals surface area (Å²) >= 11 is 0. The van der Waals surface area contributed by atoms with Crippen molar-refractivity contribution in [2.75, 3.05) is 32.8 Å². The second kappa shape index (κ2) is 11.2. The van der Waals surface area contributed by atoms with Crippen molar-refractivity contribution in [1.82, 2.24) is 15.5 Å². The predicted molar refractivity (Wildman–Crippen MR) is 121 cm³/mol. The van der Waals surface area contributed by atoms with Crippen molar-refractivity contribution >= 4 is 5.96 Å². The number of piperidine rings is 1. The summed E-state index contributed by atoms with van der Waals surface area (Å²) in [5.41, 5.74) is 0. The maximum Gasteiger partial charge on any atom is 0.191 e. The van der Waals surface area contributed by atoms with E-state index < -0.39 is 0 Å². The number of rotatable bonds is 7. The smallest absolute Gasteiger partial charge is 0.191 e. The maximum atomic E-state index is 5.76. The van der Waals surface area contributed by atoms with Gasteiger partial charge in [0.25, 0.3) is 0 Å². The average molecular weight is 417 g/mol. The van der Waals surface area contributed by atoms with E-state index in [1.165, 1.54) is 51.6 Å². The highest BCUT2D eigenvalue weighted by Crippen LogP contribution is 2.27. The topological polar surface area (TPSA) is 62.0 Å². The van der Waals surface area contributed by atoms with Gasteiger partial charge in [-0.05, 0) is 82.5 Å². The van der Waals surface area contributed by atoms with E-state index >= 15 is 0 Å². The molecule has 3 aliphatic rings. The van der Waals surface area contributed by atoms with Crippen LogP contribution in [0.4, 0.5) is 0 Å². The SMILES string of the molecule is CC1CCN(C2CCC(NC(=NCC3CCCO3)NCCc3ccco3)CC2)CC1. The van der Waals surface area contributed by atoms with Crippen molar-refractivity contribution in [2.45, 2.75) is 82.9 Å². The minimum absolute atomic E-state index is 0.283. The van der Waals surface area contributed by atoms with Gasteiger partial charge in [0.15, 0.2) is 5.96 Å². The fraction of sp³-hybridized carbons (Fsp3) is 0.792. The molecule has 1 aromatic heterocycles. The summed E-state index contributed by atoms with van der Waals surface area (Å²) in [6.07, 6.45) is 13.0. The Hall–Kier alpha value is -1.53. The lowest BCUT2D eigenvalue weighted by atomic mass is 9.88. The summed E-state index contributed by atoms with van der Waals surface area (Å²) in [7, 11) is 0. The zero-order valence-electron chi connectivity index (χ0n) is 18.7. The first-order chi connectivity index (χ1) is 14.8. The Bertz CT molecular complexity index is 626. The van der Waals surface area contributed by atoms with E-state index in [2.05, 4.69) is 22.5 Å². The van der Waals surface area contributed by atoms with Gasteiger partial charge in [-0.3, -0.25) is 4.99 Å². The Morgan fingerprint density at radius 1 is 1.13 bits per heavy atom. The Morgan fingerprint density at radius 3 is 2.67 bits per heavy atom. The molecular formula is C24H40N4O2. The molecule has 2 aliphatic heterocycles. The van der Waals surface area contributed by atoms with E-state index in [-0.39, 0.29) is 6.10 Å². The van der Waals surface area contributed by atoms with Gasteiger partial charge < -0.3 is 24.7 Å². The van der Waals surface area contributed by atoms with Crippen LogP contribution in [0.5, 0.6) is 0 Å². The molecule has 1 atom stereocenters. The van der Waals surface area contributed by atoms with Crippen LogP contribution in [0.25, 0.3) is 0 Å². The Kier molecular flexibility index (Phi) is 8.09. The lowest BCUT2D eigenvalue weighted by Crippen LogP contribution is -2.49.